The van der Waals surface area contributed by atoms with Crippen molar-refractivity contribution >= 4 is 17.3 Å². The molecule has 0 fully saturated rings. The van der Waals surface area contributed by atoms with E-state index < -0.39 is 29.0 Å². The van der Waals surface area contributed by atoms with Gasteiger partial charge in [0.25, 0.3) is 5.91 Å². The number of hydrogen-bond acceptors (Lipinski definition) is 3. The summed E-state index contributed by atoms with van der Waals surface area (Å²) < 4.78 is 39.7. The van der Waals surface area contributed by atoms with E-state index in [4.69, 9.17) is 0 Å². The number of halogens is 3. The van der Waals surface area contributed by atoms with Gasteiger partial charge in [-0.05, 0) is 30.5 Å². The zero-order valence-corrected chi connectivity index (χ0v) is 13.4. The Balaban J connectivity index is 2.09. The lowest BCUT2D eigenvalue weighted by Gasteiger charge is -2.10. The second kappa shape index (κ2) is 7.81. The summed E-state index contributed by atoms with van der Waals surface area (Å²) in [7, 11) is 0. The molecule has 0 saturated heterocycles. The number of hydrogen-bond donors (Lipinski definition) is 2. The number of carbonyl (C=O) groups is 1. The molecule has 0 radical (unpaired) electrons. The summed E-state index contributed by atoms with van der Waals surface area (Å²) in [5, 5.41) is 5.34. The first-order valence-corrected chi connectivity index (χ1v) is 7.52. The molecule has 0 aliphatic rings. The van der Waals surface area contributed by atoms with E-state index in [9.17, 15) is 18.0 Å². The van der Waals surface area contributed by atoms with E-state index in [1.807, 2.05) is 0 Å². The van der Waals surface area contributed by atoms with Gasteiger partial charge in [-0.1, -0.05) is 13.8 Å². The molecule has 24 heavy (non-hydrogen) atoms. The van der Waals surface area contributed by atoms with Crippen LogP contribution in [0.15, 0.2) is 30.6 Å². The Morgan fingerprint density at radius 1 is 1.17 bits per heavy atom. The van der Waals surface area contributed by atoms with Gasteiger partial charge in [0.05, 0.1) is 16.9 Å². The topological polar surface area (TPSA) is 54.0 Å². The third-order valence-electron chi connectivity index (χ3n) is 3.33. The Morgan fingerprint density at radius 3 is 2.62 bits per heavy atom. The van der Waals surface area contributed by atoms with Crippen molar-refractivity contribution in [3.05, 3.63) is 53.6 Å². The predicted molar refractivity (Wildman–Crippen MR) is 86.5 cm³/mol. The molecule has 7 heteroatoms. The van der Waals surface area contributed by atoms with Crippen molar-refractivity contribution in [1.29, 1.82) is 0 Å². The van der Waals surface area contributed by atoms with Crippen molar-refractivity contribution in [2.75, 3.05) is 17.2 Å². The quantitative estimate of drug-likeness (QED) is 0.777. The highest BCUT2D eigenvalue weighted by Crippen LogP contribution is 2.20. The number of nitrogens with zero attached hydrogens (tertiary/aromatic N) is 1. The number of nitrogens with one attached hydrogen (secondary N) is 2. The van der Waals surface area contributed by atoms with E-state index in [0.29, 0.717) is 11.6 Å². The number of rotatable bonds is 6. The van der Waals surface area contributed by atoms with Crippen LogP contribution in [0, 0.1) is 23.4 Å². The van der Waals surface area contributed by atoms with Crippen LogP contribution < -0.4 is 10.6 Å². The van der Waals surface area contributed by atoms with Crippen LogP contribution in [0.1, 0.15) is 30.6 Å². The van der Waals surface area contributed by atoms with E-state index >= 15 is 0 Å². The molecule has 128 valence electrons. The second-order valence-electron chi connectivity index (χ2n) is 5.75. The van der Waals surface area contributed by atoms with Crippen molar-refractivity contribution < 1.29 is 18.0 Å². The molecule has 1 amide bonds. The molecule has 1 heterocycles. The van der Waals surface area contributed by atoms with Crippen LogP contribution in [-0.2, 0) is 0 Å². The van der Waals surface area contributed by atoms with Crippen LogP contribution in [0.3, 0.4) is 0 Å². The number of anilines is 2. The van der Waals surface area contributed by atoms with Crippen LogP contribution in [0.25, 0.3) is 0 Å². The molecule has 1 aromatic heterocycles. The monoisotopic (exact) mass is 337 g/mol. The fourth-order valence-corrected chi connectivity index (χ4v) is 1.98. The summed E-state index contributed by atoms with van der Waals surface area (Å²) in [5.41, 5.74) is 0.389. The molecule has 0 spiro atoms. The summed E-state index contributed by atoms with van der Waals surface area (Å²) >= 11 is 0. The van der Waals surface area contributed by atoms with Crippen molar-refractivity contribution in [1.82, 2.24) is 4.98 Å². The molecule has 2 aromatic rings. The molecular weight excluding hydrogens is 319 g/mol. The van der Waals surface area contributed by atoms with Gasteiger partial charge >= 0.3 is 0 Å². The Labute approximate surface area is 138 Å². The zero-order valence-electron chi connectivity index (χ0n) is 13.4. The van der Waals surface area contributed by atoms with Gasteiger partial charge in [-0.15, -0.1) is 0 Å². The molecule has 0 aliphatic carbocycles. The van der Waals surface area contributed by atoms with Crippen LogP contribution in [0.5, 0.6) is 0 Å². The summed E-state index contributed by atoms with van der Waals surface area (Å²) in [6, 6.07) is 3.26. The molecule has 1 aromatic carbocycles. The lowest BCUT2D eigenvalue weighted by atomic mass is 10.1. The molecule has 4 nitrogen and oxygen atoms in total. The molecule has 0 saturated carbocycles. The summed E-state index contributed by atoms with van der Waals surface area (Å²) in [6.07, 6.45) is 3.83. The van der Waals surface area contributed by atoms with Crippen LogP contribution in [0.4, 0.5) is 24.5 Å². The Bertz CT molecular complexity index is 735. The lowest BCUT2D eigenvalue weighted by Crippen LogP contribution is -2.15. The number of amides is 1. The van der Waals surface area contributed by atoms with Gasteiger partial charge < -0.3 is 10.6 Å². The lowest BCUT2D eigenvalue weighted by molar-refractivity contribution is 0.102. The van der Waals surface area contributed by atoms with Crippen LogP contribution >= 0.6 is 0 Å². The highest BCUT2D eigenvalue weighted by molar-refractivity contribution is 6.04. The molecule has 0 bridgehead atoms. The highest BCUT2D eigenvalue weighted by Gasteiger charge is 2.16. The van der Waals surface area contributed by atoms with Gasteiger partial charge in [0.1, 0.15) is 0 Å². The number of aromatic nitrogens is 1. The van der Waals surface area contributed by atoms with E-state index in [0.717, 1.165) is 25.1 Å². The average molecular weight is 337 g/mol. The highest BCUT2D eigenvalue weighted by atomic mass is 19.2. The Hall–Kier alpha value is -2.57. The van der Waals surface area contributed by atoms with Gasteiger partial charge in [-0.3, -0.25) is 9.78 Å². The number of carbonyl (C=O) groups excluding carboxylic acids is 1. The first kappa shape index (κ1) is 17.8. The van der Waals surface area contributed by atoms with Crippen molar-refractivity contribution in [3.8, 4) is 0 Å². The fourth-order valence-electron chi connectivity index (χ4n) is 1.98. The minimum Gasteiger partial charge on any atom is -0.384 e. The van der Waals surface area contributed by atoms with Crippen molar-refractivity contribution in [3.63, 3.8) is 0 Å². The maximum absolute atomic E-state index is 13.6. The SMILES string of the molecule is CC(C)CCNc1cncc(C(=O)Nc2ccc(F)c(F)c2F)c1. The smallest absolute Gasteiger partial charge is 0.257 e. The van der Waals surface area contributed by atoms with Crippen molar-refractivity contribution in [2.24, 2.45) is 5.92 Å². The van der Waals surface area contributed by atoms with Gasteiger partial charge in [-0.25, -0.2) is 13.2 Å². The second-order valence-corrected chi connectivity index (χ2v) is 5.75. The number of benzene rings is 1. The Morgan fingerprint density at radius 2 is 1.92 bits per heavy atom. The first-order valence-electron chi connectivity index (χ1n) is 7.52. The summed E-state index contributed by atoms with van der Waals surface area (Å²) in [6.45, 7) is 4.92. The third kappa shape index (κ3) is 4.47. The molecule has 0 unspecified atom stereocenters. The molecule has 0 atom stereocenters. The van der Waals surface area contributed by atoms with E-state index in [2.05, 4.69) is 29.5 Å². The fraction of sp³-hybridized carbons (Fsp3) is 0.294. The average Bonchev–Trinajstić information content (AvgIpc) is 2.55. The maximum Gasteiger partial charge on any atom is 0.257 e. The molecule has 0 aliphatic heterocycles. The van der Waals surface area contributed by atoms with Gasteiger partial charge in [-0.2, -0.15) is 0 Å². The van der Waals surface area contributed by atoms with Gasteiger partial charge in [0.15, 0.2) is 17.5 Å². The first-order chi connectivity index (χ1) is 11.4. The molecule has 2 N–H and O–H groups in total. The standard InChI is InChI=1S/C17H18F3N3O/c1-10(2)5-6-22-12-7-11(8-21-9-12)17(24)23-14-4-3-13(18)15(19)16(14)20/h3-4,7-10,22H,5-6H2,1-2H3,(H,23,24). The Kier molecular flexibility index (Phi) is 5.78. The van der Waals surface area contributed by atoms with Gasteiger partial charge in [0.2, 0.25) is 0 Å². The summed E-state index contributed by atoms with van der Waals surface area (Å²) in [5.74, 6) is -4.52. The minimum atomic E-state index is -1.63. The summed E-state index contributed by atoms with van der Waals surface area (Å²) in [4.78, 5) is 16.1. The van der Waals surface area contributed by atoms with Crippen LogP contribution in [0.2, 0.25) is 0 Å². The van der Waals surface area contributed by atoms with Crippen molar-refractivity contribution in [2.45, 2.75) is 20.3 Å². The normalized spacial score (nSPS) is 10.8. The molecular formula is C17H18F3N3O. The van der Waals surface area contributed by atoms with E-state index in [1.165, 1.54) is 6.20 Å². The van der Waals surface area contributed by atoms with E-state index in [1.54, 1.807) is 12.3 Å². The molecule has 2 rings (SSSR count). The zero-order chi connectivity index (χ0) is 17.7. The third-order valence-corrected chi connectivity index (χ3v) is 3.33. The largest absolute Gasteiger partial charge is 0.384 e. The minimum absolute atomic E-state index is 0.175. The van der Waals surface area contributed by atoms with E-state index in [-0.39, 0.29) is 5.56 Å². The predicted octanol–water partition coefficient (Wildman–Crippen LogP) is 4.21. The maximum atomic E-state index is 13.6. The van der Waals surface area contributed by atoms with Gasteiger partial charge in [0, 0.05) is 18.9 Å². The van der Waals surface area contributed by atoms with Crippen LogP contribution in [-0.4, -0.2) is 17.4 Å². The number of pyridine rings is 1.